The molecule has 0 aromatic heterocycles. The number of carboxylic acid groups (broad SMARTS) is 1. The second-order valence-corrected chi connectivity index (χ2v) is 17.8. The Balaban J connectivity index is 1.67. The SMILES string of the molecule is CC1(C)C(/C=C/C=C/C=C2\N(CCCCS(=O)(=O)[O-])c3ccc(S(=O)(=O)[O-])cc3C2(C)C)=[N+](CCCCS(=O)(=O)[O-])c2ccc(C(=O)O)cc21. The predicted molar refractivity (Wildman–Crippen MR) is 185 cm³/mol. The Hall–Kier alpha value is -3.67. The molecule has 1 N–H and O–H groups in total. The molecule has 0 bridgehead atoms. The van der Waals surface area contributed by atoms with Crippen LogP contribution in [0.5, 0.6) is 0 Å². The van der Waals surface area contributed by atoms with E-state index in [4.69, 9.17) is 0 Å². The van der Waals surface area contributed by atoms with Crippen molar-refractivity contribution >= 4 is 53.4 Å². The second kappa shape index (κ2) is 14.5. The van der Waals surface area contributed by atoms with Gasteiger partial charge in [-0.2, -0.15) is 4.58 Å². The van der Waals surface area contributed by atoms with Gasteiger partial charge in [0.25, 0.3) is 0 Å². The molecule has 272 valence electrons. The summed E-state index contributed by atoms with van der Waals surface area (Å²) in [4.78, 5) is 13.3. The minimum Gasteiger partial charge on any atom is -0.748 e. The van der Waals surface area contributed by atoms with Crippen LogP contribution in [0.3, 0.4) is 0 Å². The second-order valence-electron chi connectivity index (χ2n) is 13.3. The summed E-state index contributed by atoms with van der Waals surface area (Å²) in [7, 11) is -13.5. The zero-order valence-electron chi connectivity index (χ0n) is 28.2. The zero-order chi connectivity index (χ0) is 37.3. The van der Waals surface area contributed by atoms with Gasteiger partial charge >= 0.3 is 5.97 Å². The summed E-state index contributed by atoms with van der Waals surface area (Å²) in [5, 5.41) is 9.60. The van der Waals surface area contributed by atoms with E-state index < -0.39 is 58.7 Å². The summed E-state index contributed by atoms with van der Waals surface area (Å²) in [5.41, 5.74) is 3.14. The molecule has 0 saturated carbocycles. The molecule has 0 amide bonds. The third-order valence-electron chi connectivity index (χ3n) is 9.07. The first-order valence-electron chi connectivity index (χ1n) is 15.9. The first-order chi connectivity index (χ1) is 23.0. The molecule has 0 radical (unpaired) electrons. The lowest BCUT2D eigenvalue weighted by molar-refractivity contribution is -0.438. The van der Waals surface area contributed by atoms with Crippen LogP contribution in [0.1, 0.15) is 74.9 Å². The van der Waals surface area contributed by atoms with E-state index in [1.165, 1.54) is 18.2 Å². The average molecular weight is 749 g/mol. The quantitative estimate of drug-likeness (QED) is 0.118. The minimum atomic E-state index is -4.72. The summed E-state index contributed by atoms with van der Waals surface area (Å²) >= 11 is 0. The highest BCUT2D eigenvalue weighted by molar-refractivity contribution is 7.86. The van der Waals surface area contributed by atoms with Crippen LogP contribution in [-0.4, -0.2) is 84.9 Å². The van der Waals surface area contributed by atoms with Crippen LogP contribution < -0.4 is 4.90 Å². The molecular weight excluding hydrogens is 709 g/mol. The minimum absolute atomic E-state index is 0.130. The number of carboxylic acids is 1. The van der Waals surface area contributed by atoms with E-state index in [9.17, 15) is 48.8 Å². The van der Waals surface area contributed by atoms with Gasteiger partial charge in [-0.15, -0.1) is 0 Å². The highest BCUT2D eigenvalue weighted by Gasteiger charge is 2.44. The van der Waals surface area contributed by atoms with Gasteiger partial charge in [0.05, 0.1) is 36.1 Å². The van der Waals surface area contributed by atoms with Crippen molar-refractivity contribution in [3.8, 4) is 0 Å². The molecule has 0 unspecified atom stereocenters. The van der Waals surface area contributed by atoms with E-state index in [2.05, 4.69) is 0 Å². The Morgan fingerprint density at radius 3 is 2.04 bits per heavy atom. The number of rotatable bonds is 15. The maximum atomic E-state index is 11.8. The molecule has 0 aliphatic carbocycles. The lowest BCUT2D eigenvalue weighted by Crippen LogP contribution is -2.28. The highest BCUT2D eigenvalue weighted by Crippen LogP contribution is 2.48. The van der Waals surface area contributed by atoms with Crippen LogP contribution in [0.25, 0.3) is 0 Å². The smallest absolute Gasteiger partial charge is 0.335 e. The molecule has 50 heavy (non-hydrogen) atoms. The molecule has 0 spiro atoms. The van der Waals surface area contributed by atoms with E-state index >= 15 is 0 Å². The Kier molecular flexibility index (Phi) is 11.4. The Morgan fingerprint density at radius 2 is 1.44 bits per heavy atom. The van der Waals surface area contributed by atoms with Crippen molar-refractivity contribution in [1.82, 2.24) is 0 Å². The molecule has 2 aliphatic heterocycles. The molecule has 16 heteroatoms. The number of unbranched alkanes of at least 4 members (excludes halogenated alkanes) is 2. The third-order valence-corrected chi connectivity index (χ3v) is 11.5. The van der Waals surface area contributed by atoms with Crippen molar-refractivity contribution in [2.45, 2.75) is 69.1 Å². The van der Waals surface area contributed by atoms with Gasteiger partial charge < -0.3 is 23.7 Å². The van der Waals surface area contributed by atoms with Crippen molar-refractivity contribution in [2.75, 3.05) is 29.5 Å². The summed E-state index contributed by atoms with van der Waals surface area (Å²) in [6.45, 7) is 8.38. The van der Waals surface area contributed by atoms with Crippen LogP contribution in [0.15, 0.2) is 77.4 Å². The van der Waals surface area contributed by atoms with Gasteiger partial charge in [0, 0.05) is 59.0 Å². The summed E-state index contributed by atoms with van der Waals surface area (Å²) in [5.74, 6) is -2.07. The van der Waals surface area contributed by atoms with Gasteiger partial charge in [-0.1, -0.05) is 32.1 Å². The van der Waals surface area contributed by atoms with Gasteiger partial charge in [0.15, 0.2) is 5.71 Å². The van der Waals surface area contributed by atoms with Gasteiger partial charge in [0.1, 0.15) is 16.7 Å². The fraction of sp³-hybridized carbons (Fsp3) is 0.412. The van der Waals surface area contributed by atoms with Crippen LogP contribution in [0.4, 0.5) is 11.4 Å². The molecular formula is C34H40N2O11S3-2. The maximum absolute atomic E-state index is 11.8. The molecule has 0 saturated heterocycles. The van der Waals surface area contributed by atoms with Crippen LogP contribution in [0, 0.1) is 0 Å². The normalized spacial score (nSPS) is 18.1. The lowest BCUT2D eigenvalue weighted by Gasteiger charge is -2.27. The molecule has 2 heterocycles. The topological polar surface area (TPSA) is 215 Å². The van der Waals surface area contributed by atoms with E-state index in [0.29, 0.717) is 37.2 Å². The van der Waals surface area contributed by atoms with Crippen molar-refractivity contribution in [3.05, 3.63) is 89.2 Å². The number of aromatic carboxylic acids is 1. The van der Waals surface area contributed by atoms with Gasteiger partial charge in [-0.25, -0.2) is 30.0 Å². The summed E-state index contributed by atoms with van der Waals surface area (Å²) in [6, 6.07) is 8.98. The third kappa shape index (κ3) is 8.97. The van der Waals surface area contributed by atoms with Gasteiger partial charge in [-0.05, 0) is 75.1 Å². The molecule has 0 fully saturated rings. The zero-order valence-corrected chi connectivity index (χ0v) is 30.6. The Morgan fingerprint density at radius 1 is 0.800 bits per heavy atom. The first kappa shape index (κ1) is 39.1. The lowest BCUT2D eigenvalue weighted by atomic mass is 9.81. The first-order valence-corrected chi connectivity index (χ1v) is 20.4. The highest BCUT2D eigenvalue weighted by atomic mass is 32.2. The summed E-state index contributed by atoms with van der Waals surface area (Å²) < 4.78 is 104. The number of anilines is 1. The van der Waals surface area contributed by atoms with Crippen LogP contribution in [-0.2, 0) is 41.2 Å². The number of carbonyl (C=O) groups is 1. The van der Waals surface area contributed by atoms with Crippen molar-refractivity contribution in [3.63, 3.8) is 0 Å². The fourth-order valence-corrected chi connectivity index (χ4v) is 8.17. The van der Waals surface area contributed by atoms with E-state index in [1.807, 2.05) is 49.3 Å². The van der Waals surface area contributed by atoms with Crippen LogP contribution >= 0.6 is 0 Å². The number of fused-ring (bicyclic) bond motifs is 2. The van der Waals surface area contributed by atoms with E-state index in [-0.39, 0.29) is 23.3 Å². The maximum Gasteiger partial charge on any atom is 0.335 e. The fourth-order valence-electron chi connectivity index (χ4n) is 6.56. The van der Waals surface area contributed by atoms with E-state index in [1.54, 1.807) is 36.4 Å². The Bertz CT molecular complexity index is 2130. The van der Waals surface area contributed by atoms with Crippen molar-refractivity contribution in [2.24, 2.45) is 0 Å². The largest absolute Gasteiger partial charge is 0.748 e. The summed E-state index contributed by atoms with van der Waals surface area (Å²) in [6.07, 6.45) is 10.1. The average Bonchev–Trinajstić information content (AvgIpc) is 3.33. The molecule has 2 aromatic carbocycles. The number of nitrogens with zero attached hydrogens (tertiary/aromatic N) is 2. The predicted octanol–water partition coefficient (Wildman–Crippen LogP) is 4.11. The molecule has 2 aliphatic rings. The molecule has 0 atom stereocenters. The Labute approximate surface area is 293 Å². The number of allylic oxidation sites excluding steroid dienone is 6. The van der Waals surface area contributed by atoms with Crippen LogP contribution in [0.2, 0.25) is 0 Å². The van der Waals surface area contributed by atoms with Gasteiger partial charge in [-0.3, -0.25) is 0 Å². The number of hydrogen-bond donors (Lipinski definition) is 1. The van der Waals surface area contributed by atoms with E-state index in [0.717, 1.165) is 22.7 Å². The molecule has 4 rings (SSSR count). The number of benzene rings is 2. The van der Waals surface area contributed by atoms with Crippen molar-refractivity contribution < 1.29 is 53.4 Å². The van der Waals surface area contributed by atoms with Crippen molar-refractivity contribution in [1.29, 1.82) is 0 Å². The molecule has 2 aromatic rings. The van der Waals surface area contributed by atoms with Gasteiger partial charge in [0.2, 0.25) is 5.69 Å². The molecule has 13 nitrogen and oxygen atoms in total. The monoisotopic (exact) mass is 748 g/mol. The standard InChI is InChI=1S/C34H42N2O11S3/c1-33(2)26-22-24(32(37)38)14-16-28(26)35(18-8-10-20-48(39,40)41)30(33)12-6-5-7-13-31-34(3,4)27-23-25(50(45,46)47)15-17-29(27)36(31)19-9-11-21-49(42,43)44/h5-7,12-17,22-23H,8-11,18-21H2,1-4H3,(H3-,37,38,39,40,41,42,43,44,45,46,47)/p-2. The number of hydrogen-bond acceptors (Lipinski definition) is 11.